The molecule has 0 aromatic rings. The lowest BCUT2D eigenvalue weighted by Crippen LogP contribution is -2.48. The number of hydrogen-bond donors (Lipinski definition) is 2. The first-order valence-electron chi connectivity index (χ1n) is 7.94. The molecule has 126 valence electrons. The minimum atomic E-state index is -3.36. The van der Waals surface area contributed by atoms with Crippen LogP contribution < -0.4 is 10.0 Å². The lowest BCUT2D eigenvalue weighted by molar-refractivity contribution is 0.160. The van der Waals surface area contributed by atoms with E-state index in [2.05, 4.69) is 17.0 Å². The van der Waals surface area contributed by atoms with E-state index in [9.17, 15) is 8.42 Å². The van der Waals surface area contributed by atoms with E-state index in [4.69, 9.17) is 4.74 Å². The molecule has 0 bridgehead atoms. The van der Waals surface area contributed by atoms with Crippen molar-refractivity contribution in [3.8, 4) is 0 Å². The van der Waals surface area contributed by atoms with Crippen molar-refractivity contribution in [3.63, 3.8) is 0 Å². The molecule has 1 fully saturated rings. The van der Waals surface area contributed by atoms with Gasteiger partial charge in [-0.3, -0.25) is 0 Å². The molecule has 1 aliphatic heterocycles. The van der Waals surface area contributed by atoms with Crippen LogP contribution >= 0.6 is 0 Å². The van der Waals surface area contributed by atoms with Gasteiger partial charge < -0.3 is 10.1 Å². The van der Waals surface area contributed by atoms with Gasteiger partial charge in [0.25, 0.3) is 10.2 Å². The number of rotatable bonds is 10. The molecule has 1 rings (SSSR count). The maximum atomic E-state index is 12.3. The van der Waals surface area contributed by atoms with Gasteiger partial charge in [-0.15, -0.1) is 0 Å². The topological polar surface area (TPSA) is 70.7 Å². The summed E-state index contributed by atoms with van der Waals surface area (Å²) < 4.78 is 34.0. The van der Waals surface area contributed by atoms with Gasteiger partial charge in [0.1, 0.15) is 0 Å². The Hall–Kier alpha value is -0.210. The van der Waals surface area contributed by atoms with Crippen LogP contribution in [-0.4, -0.2) is 59.2 Å². The molecule has 2 atom stereocenters. The average molecular weight is 321 g/mol. The predicted molar refractivity (Wildman–Crippen MR) is 85.4 cm³/mol. The molecule has 1 heterocycles. The van der Waals surface area contributed by atoms with Crippen molar-refractivity contribution in [2.24, 2.45) is 11.8 Å². The summed E-state index contributed by atoms with van der Waals surface area (Å²) in [6, 6.07) is 0. The van der Waals surface area contributed by atoms with Gasteiger partial charge in [0, 0.05) is 33.4 Å². The molecular formula is C14H31N3O3S. The van der Waals surface area contributed by atoms with Crippen LogP contribution in [0.2, 0.25) is 0 Å². The second-order valence-electron chi connectivity index (χ2n) is 5.98. The third-order valence-corrected chi connectivity index (χ3v) is 5.29. The Bertz CT molecular complexity index is 376. The van der Waals surface area contributed by atoms with Gasteiger partial charge in [-0.25, -0.2) is 4.72 Å². The van der Waals surface area contributed by atoms with Crippen LogP contribution in [0.5, 0.6) is 0 Å². The Morgan fingerprint density at radius 2 is 2.19 bits per heavy atom. The van der Waals surface area contributed by atoms with Crippen LogP contribution in [0.25, 0.3) is 0 Å². The van der Waals surface area contributed by atoms with E-state index in [1.807, 2.05) is 6.92 Å². The third-order valence-electron chi connectivity index (χ3n) is 3.75. The summed E-state index contributed by atoms with van der Waals surface area (Å²) in [5.74, 6) is 0.592. The van der Waals surface area contributed by atoms with E-state index in [1.165, 1.54) is 0 Å². The molecule has 0 aromatic heterocycles. The van der Waals surface area contributed by atoms with E-state index in [1.54, 1.807) is 11.4 Å². The quantitative estimate of drug-likeness (QED) is 0.584. The van der Waals surface area contributed by atoms with Gasteiger partial charge in [-0.2, -0.15) is 12.7 Å². The summed E-state index contributed by atoms with van der Waals surface area (Å²) in [4.78, 5) is 0. The maximum absolute atomic E-state index is 12.3. The van der Waals surface area contributed by atoms with Crippen LogP contribution in [0.3, 0.4) is 0 Å². The zero-order valence-electron chi connectivity index (χ0n) is 13.6. The molecule has 0 amide bonds. The van der Waals surface area contributed by atoms with Crippen molar-refractivity contribution in [3.05, 3.63) is 0 Å². The van der Waals surface area contributed by atoms with Crippen molar-refractivity contribution in [2.75, 3.05) is 46.4 Å². The van der Waals surface area contributed by atoms with Crippen molar-refractivity contribution >= 4 is 10.2 Å². The molecule has 1 saturated heterocycles. The molecule has 0 spiro atoms. The number of methoxy groups -OCH3 is 1. The number of piperidine rings is 1. The Morgan fingerprint density at radius 3 is 2.86 bits per heavy atom. The van der Waals surface area contributed by atoms with Crippen LogP contribution in [0.1, 0.15) is 33.1 Å². The molecular weight excluding hydrogens is 290 g/mol. The summed E-state index contributed by atoms with van der Waals surface area (Å²) in [6.45, 7) is 8.23. The summed E-state index contributed by atoms with van der Waals surface area (Å²) in [5, 5.41) is 3.39. The SMILES string of the molecule is CCCNCC1CCCN(S(=O)(=O)NCC(C)COC)C1. The Balaban J connectivity index is 2.42. The molecule has 0 aliphatic carbocycles. The van der Waals surface area contributed by atoms with Gasteiger partial charge in [0.05, 0.1) is 0 Å². The third kappa shape index (κ3) is 7.06. The van der Waals surface area contributed by atoms with Crippen molar-refractivity contribution in [2.45, 2.75) is 33.1 Å². The van der Waals surface area contributed by atoms with Gasteiger partial charge in [-0.1, -0.05) is 13.8 Å². The molecule has 0 radical (unpaired) electrons. The second kappa shape index (κ2) is 9.74. The molecule has 0 aromatic carbocycles. The second-order valence-corrected chi connectivity index (χ2v) is 7.74. The molecule has 21 heavy (non-hydrogen) atoms. The summed E-state index contributed by atoms with van der Waals surface area (Å²) in [5.41, 5.74) is 0. The number of ether oxygens (including phenoxy) is 1. The van der Waals surface area contributed by atoms with Crippen LogP contribution in [0.4, 0.5) is 0 Å². The first-order chi connectivity index (χ1) is 9.99. The van der Waals surface area contributed by atoms with Gasteiger partial charge >= 0.3 is 0 Å². The number of nitrogens with one attached hydrogen (secondary N) is 2. The first kappa shape index (κ1) is 18.8. The van der Waals surface area contributed by atoms with Gasteiger partial charge in [0.15, 0.2) is 0 Å². The summed E-state index contributed by atoms with van der Waals surface area (Å²) >= 11 is 0. The highest BCUT2D eigenvalue weighted by Crippen LogP contribution is 2.18. The lowest BCUT2D eigenvalue weighted by atomic mass is 10.00. The predicted octanol–water partition coefficient (Wildman–Crippen LogP) is 0.815. The zero-order chi connectivity index (χ0) is 15.7. The summed E-state index contributed by atoms with van der Waals surface area (Å²) in [6.07, 6.45) is 3.14. The highest BCUT2D eigenvalue weighted by Gasteiger charge is 2.28. The fraction of sp³-hybridized carbons (Fsp3) is 1.00. The van der Waals surface area contributed by atoms with Crippen LogP contribution in [-0.2, 0) is 14.9 Å². The molecule has 2 unspecified atom stereocenters. The van der Waals surface area contributed by atoms with E-state index < -0.39 is 10.2 Å². The van der Waals surface area contributed by atoms with Crippen molar-refractivity contribution in [1.29, 1.82) is 0 Å². The van der Waals surface area contributed by atoms with E-state index in [-0.39, 0.29) is 5.92 Å². The molecule has 1 aliphatic rings. The fourth-order valence-corrected chi connectivity index (χ4v) is 4.03. The number of nitrogens with zero attached hydrogens (tertiary/aromatic N) is 1. The van der Waals surface area contributed by atoms with Crippen LogP contribution in [0, 0.1) is 11.8 Å². The lowest BCUT2D eigenvalue weighted by Gasteiger charge is -2.32. The minimum Gasteiger partial charge on any atom is -0.384 e. The normalized spacial score (nSPS) is 22.3. The smallest absolute Gasteiger partial charge is 0.279 e. The standard InChI is InChI=1S/C14H31N3O3S/c1-4-7-15-10-14-6-5-8-17(11-14)21(18,19)16-9-13(2)12-20-3/h13-16H,4-12H2,1-3H3. The molecule has 2 N–H and O–H groups in total. The van der Waals surface area contributed by atoms with Gasteiger partial charge in [0.2, 0.25) is 0 Å². The summed E-state index contributed by atoms with van der Waals surface area (Å²) in [7, 11) is -1.73. The van der Waals surface area contributed by atoms with Gasteiger partial charge in [-0.05, 0) is 44.2 Å². The van der Waals surface area contributed by atoms with Crippen molar-refractivity contribution in [1.82, 2.24) is 14.3 Å². The highest BCUT2D eigenvalue weighted by atomic mass is 32.2. The van der Waals surface area contributed by atoms with E-state index in [0.29, 0.717) is 32.2 Å². The zero-order valence-corrected chi connectivity index (χ0v) is 14.4. The molecule has 6 nitrogen and oxygen atoms in total. The molecule has 7 heteroatoms. The number of hydrogen-bond acceptors (Lipinski definition) is 4. The Kier molecular flexibility index (Phi) is 8.73. The Morgan fingerprint density at radius 1 is 1.43 bits per heavy atom. The monoisotopic (exact) mass is 321 g/mol. The van der Waals surface area contributed by atoms with E-state index >= 15 is 0 Å². The average Bonchev–Trinajstić information content (AvgIpc) is 2.46. The maximum Gasteiger partial charge on any atom is 0.279 e. The minimum absolute atomic E-state index is 0.177. The largest absolute Gasteiger partial charge is 0.384 e. The Labute approximate surface area is 129 Å². The fourth-order valence-electron chi connectivity index (χ4n) is 2.58. The molecule has 0 saturated carbocycles. The van der Waals surface area contributed by atoms with E-state index in [0.717, 1.165) is 32.4 Å². The highest BCUT2D eigenvalue weighted by molar-refractivity contribution is 7.87. The van der Waals surface area contributed by atoms with Crippen molar-refractivity contribution < 1.29 is 13.2 Å². The van der Waals surface area contributed by atoms with Crippen LogP contribution in [0.15, 0.2) is 0 Å². The first-order valence-corrected chi connectivity index (χ1v) is 9.38.